The van der Waals surface area contributed by atoms with Crippen LogP contribution in [0, 0.1) is 5.92 Å². The van der Waals surface area contributed by atoms with Gasteiger partial charge < -0.3 is 28.7 Å². The largest absolute Gasteiger partial charge is 0.445 e. The second-order valence-electron chi connectivity index (χ2n) is 11.8. The molecule has 40 heavy (non-hydrogen) atoms. The maximum Gasteiger partial charge on any atom is 0.407 e. The lowest BCUT2D eigenvalue weighted by atomic mass is 9.88. The van der Waals surface area contributed by atoms with E-state index in [1.165, 1.54) is 0 Å². The van der Waals surface area contributed by atoms with Gasteiger partial charge in [-0.15, -0.1) is 0 Å². The van der Waals surface area contributed by atoms with E-state index in [0.717, 1.165) is 10.4 Å². The average molecular weight is 631 g/mol. The SMILES string of the molecule is C[C@@H]1C(NC(=O)OCC(Cl)(Cl)Cl)[C@H](O[Si](c2ccccc2)(c2ccccc2)C(C)(C)C)OC2COC(C)(C)O[C@H]21. The van der Waals surface area contributed by atoms with Crippen LogP contribution >= 0.6 is 34.8 Å². The molecule has 2 heterocycles. The Balaban J connectivity index is 1.77. The van der Waals surface area contributed by atoms with Crippen molar-refractivity contribution in [3.63, 3.8) is 0 Å². The van der Waals surface area contributed by atoms with Crippen molar-refractivity contribution in [2.45, 2.75) is 80.7 Å². The Morgan fingerprint density at radius 2 is 1.57 bits per heavy atom. The van der Waals surface area contributed by atoms with Crippen LogP contribution in [0.25, 0.3) is 0 Å². The van der Waals surface area contributed by atoms with Crippen molar-refractivity contribution in [1.82, 2.24) is 5.32 Å². The van der Waals surface area contributed by atoms with Crippen LogP contribution in [-0.4, -0.2) is 61.7 Å². The molecule has 2 unspecified atom stereocenters. The van der Waals surface area contributed by atoms with Gasteiger partial charge in [-0.1, -0.05) is 123 Å². The number of hydrogen-bond donors (Lipinski definition) is 1. The molecule has 11 heteroatoms. The zero-order valence-corrected chi connectivity index (χ0v) is 26.9. The van der Waals surface area contributed by atoms with E-state index in [1.54, 1.807) is 0 Å². The molecule has 2 aromatic rings. The van der Waals surface area contributed by atoms with Crippen molar-refractivity contribution in [1.29, 1.82) is 0 Å². The monoisotopic (exact) mass is 629 g/mol. The zero-order chi connectivity index (χ0) is 29.3. The molecule has 5 atom stereocenters. The van der Waals surface area contributed by atoms with Crippen molar-refractivity contribution in [3.05, 3.63) is 60.7 Å². The van der Waals surface area contributed by atoms with E-state index in [9.17, 15) is 4.79 Å². The van der Waals surface area contributed by atoms with Crippen LogP contribution in [0.5, 0.6) is 0 Å². The van der Waals surface area contributed by atoms with Crippen LogP contribution in [0.2, 0.25) is 5.04 Å². The lowest BCUT2D eigenvalue weighted by Crippen LogP contribution is -2.72. The minimum atomic E-state index is -3.05. The Labute approximate surface area is 252 Å². The first kappa shape index (κ1) is 31.6. The molecule has 1 amide bonds. The molecule has 0 aliphatic carbocycles. The summed E-state index contributed by atoms with van der Waals surface area (Å²) in [7, 11) is -3.05. The molecule has 2 aromatic carbocycles. The van der Waals surface area contributed by atoms with E-state index in [4.69, 9.17) is 58.2 Å². The smallest absolute Gasteiger partial charge is 0.407 e. The van der Waals surface area contributed by atoms with Crippen LogP contribution in [0.4, 0.5) is 4.79 Å². The van der Waals surface area contributed by atoms with Gasteiger partial charge in [-0.3, -0.25) is 0 Å². The number of amides is 1. The number of fused-ring (bicyclic) bond motifs is 1. The van der Waals surface area contributed by atoms with Crippen molar-refractivity contribution in [2.75, 3.05) is 13.2 Å². The van der Waals surface area contributed by atoms with E-state index in [1.807, 2.05) is 57.2 Å². The summed E-state index contributed by atoms with van der Waals surface area (Å²) in [6, 6.07) is 19.8. The Morgan fingerprint density at radius 1 is 1.02 bits per heavy atom. The van der Waals surface area contributed by atoms with E-state index < -0.39 is 49.0 Å². The summed E-state index contributed by atoms with van der Waals surface area (Å²) in [6.45, 7) is 12.2. The molecule has 0 aromatic heterocycles. The Bertz CT molecular complexity index is 1100. The molecule has 220 valence electrons. The maximum atomic E-state index is 13.0. The predicted molar refractivity (Wildman–Crippen MR) is 160 cm³/mol. The molecule has 0 bridgehead atoms. The normalized spacial score (nSPS) is 27.0. The number of halogens is 3. The van der Waals surface area contributed by atoms with E-state index >= 15 is 0 Å². The van der Waals surface area contributed by atoms with Gasteiger partial charge in [0.25, 0.3) is 8.32 Å². The number of ether oxygens (including phenoxy) is 4. The molecule has 2 saturated heterocycles. The first-order chi connectivity index (χ1) is 18.6. The topological polar surface area (TPSA) is 75.3 Å². The van der Waals surface area contributed by atoms with Gasteiger partial charge in [-0.2, -0.15) is 0 Å². The zero-order valence-electron chi connectivity index (χ0n) is 23.7. The number of benzene rings is 2. The molecule has 0 spiro atoms. The van der Waals surface area contributed by atoms with Crippen molar-refractivity contribution in [2.24, 2.45) is 5.92 Å². The summed E-state index contributed by atoms with van der Waals surface area (Å²) < 4.78 is 29.6. The number of carbonyl (C=O) groups excluding carboxylic acids is 1. The lowest BCUT2D eigenvalue weighted by Gasteiger charge is -2.53. The van der Waals surface area contributed by atoms with E-state index in [-0.39, 0.29) is 17.1 Å². The molecular weight excluding hydrogens is 593 g/mol. The summed E-state index contributed by atoms with van der Waals surface area (Å²) in [5.41, 5.74) is 0. The van der Waals surface area contributed by atoms with E-state index in [2.05, 4.69) is 50.4 Å². The fourth-order valence-electron chi connectivity index (χ4n) is 5.58. The van der Waals surface area contributed by atoms with Gasteiger partial charge >= 0.3 is 6.09 Å². The molecule has 2 aliphatic rings. The van der Waals surface area contributed by atoms with Gasteiger partial charge in [0, 0.05) is 5.92 Å². The number of rotatable bonds is 6. The fraction of sp³-hybridized carbons (Fsp3) is 0.552. The van der Waals surface area contributed by atoms with Crippen molar-refractivity contribution in [3.8, 4) is 0 Å². The lowest BCUT2D eigenvalue weighted by molar-refractivity contribution is -0.354. The highest BCUT2D eigenvalue weighted by Gasteiger charge is 2.57. The number of hydrogen-bond acceptors (Lipinski definition) is 6. The Kier molecular flexibility index (Phi) is 9.54. The van der Waals surface area contributed by atoms with Crippen LogP contribution in [0.15, 0.2) is 60.7 Å². The van der Waals surface area contributed by atoms with Gasteiger partial charge in [-0.05, 0) is 29.3 Å². The van der Waals surface area contributed by atoms with Gasteiger partial charge in [0.15, 0.2) is 12.1 Å². The van der Waals surface area contributed by atoms with Gasteiger partial charge in [0.05, 0.1) is 18.8 Å². The fourth-order valence-corrected chi connectivity index (χ4v) is 10.3. The summed E-state index contributed by atoms with van der Waals surface area (Å²) in [6.07, 6.45) is -2.36. The minimum Gasteiger partial charge on any atom is -0.445 e. The molecule has 2 fully saturated rings. The first-order valence-corrected chi connectivity index (χ1v) is 16.4. The highest BCUT2D eigenvalue weighted by molar-refractivity contribution is 6.99. The Morgan fingerprint density at radius 3 is 2.08 bits per heavy atom. The minimum absolute atomic E-state index is 0.231. The molecule has 1 N–H and O–H groups in total. The molecule has 0 radical (unpaired) electrons. The standard InChI is InChI=1S/C29H38Cl3NO6Si/c1-19-23(33-26(34)35-18-29(30,31)32)25(37-22-17-36-28(5,6)38-24(19)22)39-40(27(2,3)4,20-13-9-7-10-14-20)21-15-11-8-12-16-21/h7-16,19,22-25H,17-18H2,1-6H3,(H,33,34)/t19-,22?,23?,24+,25+/m1/s1. The molecule has 7 nitrogen and oxygen atoms in total. The summed E-state index contributed by atoms with van der Waals surface area (Å²) in [5, 5.41) is 4.79. The highest BCUT2D eigenvalue weighted by atomic mass is 35.6. The van der Waals surface area contributed by atoms with Crippen molar-refractivity contribution >= 4 is 59.6 Å². The first-order valence-electron chi connectivity index (χ1n) is 13.4. The number of carbonyl (C=O) groups is 1. The molecule has 0 saturated carbocycles. The number of alkyl halides is 3. The van der Waals surface area contributed by atoms with Crippen LogP contribution in [-0.2, 0) is 23.4 Å². The van der Waals surface area contributed by atoms with E-state index in [0.29, 0.717) is 6.61 Å². The third-order valence-electron chi connectivity index (χ3n) is 7.43. The number of nitrogens with one attached hydrogen (secondary N) is 1. The van der Waals surface area contributed by atoms with Crippen LogP contribution in [0.3, 0.4) is 0 Å². The number of alkyl carbamates (subject to hydrolysis) is 1. The predicted octanol–water partition coefficient (Wildman–Crippen LogP) is 5.54. The van der Waals surface area contributed by atoms with Crippen molar-refractivity contribution < 1.29 is 28.2 Å². The van der Waals surface area contributed by atoms with Gasteiger partial charge in [0.1, 0.15) is 12.7 Å². The summed E-state index contributed by atoms with van der Waals surface area (Å²) in [4.78, 5) is 13.0. The molecule has 4 rings (SSSR count). The van der Waals surface area contributed by atoms with Crippen LogP contribution < -0.4 is 15.7 Å². The third kappa shape index (κ3) is 6.98. The third-order valence-corrected chi connectivity index (χ3v) is 12.7. The summed E-state index contributed by atoms with van der Waals surface area (Å²) >= 11 is 17.5. The quantitative estimate of drug-likeness (QED) is 0.334. The summed E-state index contributed by atoms with van der Waals surface area (Å²) in [5.74, 6) is -1.03. The van der Waals surface area contributed by atoms with Gasteiger partial charge in [0.2, 0.25) is 3.79 Å². The average Bonchev–Trinajstić information content (AvgIpc) is 2.88. The highest BCUT2D eigenvalue weighted by Crippen LogP contribution is 2.42. The van der Waals surface area contributed by atoms with Crippen LogP contribution in [0.1, 0.15) is 41.5 Å². The van der Waals surface area contributed by atoms with Gasteiger partial charge in [-0.25, -0.2) is 4.79 Å². The maximum absolute atomic E-state index is 13.0. The molecular formula is C29H38Cl3NO6Si. The Hall–Kier alpha value is -1.36. The second-order valence-corrected chi connectivity index (χ2v) is 18.6. The second kappa shape index (κ2) is 12.1. The molecule has 2 aliphatic heterocycles.